The van der Waals surface area contributed by atoms with Crippen molar-refractivity contribution >= 4 is 45.2 Å². The van der Waals surface area contributed by atoms with Crippen LogP contribution >= 0.6 is 39.3 Å². The maximum atomic E-state index is 12.7. The van der Waals surface area contributed by atoms with Gasteiger partial charge in [0.05, 0.1) is 12.5 Å². The number of nitrogens with zero attached hydrogens (tertiary/aromatic N) is 3. The predicted octanol–water partition coefficient (Wildman–Crippen LogP) is 5.80. The molecule has 9 heteroatoms. The smallest absolute Gasteiger partial charge is 0.241 e. The summed E-state index contributed by atoms with van der Waals surface area (Å²) in [7, 11) is 0. The van der Waals surface area contributed by atoms with Gasteiger partial charge in [0, 0.05) is 33.9 Å². The van der Waals surface area contributed by atoms with E-state index in [1.807, 2.05) is 54.2 Å². The first-order valence-corrected chi connectivity index (χ1v) is 13.8. The van der Waals surface area contributed by atoms with E-state index in [4.69, 9.17) is 16.1 Å². The Labute approximate surface area is 218 Å². The third-order valence-corrected chi connectivity index (χ3v) is 7.55. The average molecular weight is 564 g/mol. The highest BCUT2D eigenvalue weighted by molar-refractivity contribution is 9.10. The highest BCUT2D eigenvalue weighted by Crippen LogP contribution is 2.22. The van der Waals surface area contributed by atoms with Crippen molar-refractivity contribution in [3.8, 4) is 11.4 Å². The van der Waals surface area contributed by atoms with Crippen molar-refractivity contribution in [3.05, 3.63) is 69.5 Å². The van der Waals surface area contributed by atoms with E-state index in [1.54, 1.807) is 0 Å². The minimum atomic E-state index is 0.000309. The first-order chi connectivity index (χ1) is 16.6. The summed E-state index contributed by atoms with van der Waals surface area (Å²) in [5, 5.41) is 8.01. The zero-order valence-corrected chi connectivity index (χ0v) is 22.0. The Morgan fingerprint density at radius 3 is 3.00 bits per heavy atom. The normalized spacial score (nSPS) is 16.5. The maximum absolute atomic E-state index is 12.7. The van der Waals surface area contributed by atoms with Crippen molar-refractivity contribution in [1.29, 1.82) is 0 Å². The Bertz CT molecular complexity index is 1100. The molecule has 1 aliphatic rings. The summed E-state index contributed by atoms with van der Waals surface area (Å²) >= 11 is 11.4. The number of likely N-dealkylation sites (tertiary alicyclic amines) is 1. The summed E-state index contributed by atoms with van der Waals surface area (Å²) in [6, 6.07) is 15.8. The number of carbonyl (C=O) groups is 1. The molecule has 1 N–H and O–H groups in total. The van der Waals surface area contributed by atoms with E-state index < -0.39 is 0 Å². The van der Waals surface area contributed by atoms with E-state index >= 15 is 0 Å². The van der Waals surface area contributed by atoms with Crippen LogP contribution in [0.4, 0.5) is 0 Å². The van der Waals surface area contributed by atoms with Crippen molar-refractivity contribution in [2.45, 2.75) is 31.6 Å². The van der Waals surface area contributed by atoms with E-state index in [2.05, 4.69) is 42.4 Å². The molecule has 4 rings (SSSR count). The maximum Gasteiger partial charge on any atom is 0.241 e. The zero-order valence-electron chi connectivity index (χ0n) is 18.9. The highest BCUT2D eigenvalue weighted by Gasteiger charge is 2.26. The van der Waals surface area contributed by atoms with E-state index in [9.17, 15) is 4.79 Å². The Morgan fingerprint density at radius 2 is 2.15 bits per heavy atom. The summed E-state index contributed by atoms with van der Waals surface area (Å²) in [5.41, 5.74) is 2.14. The fourth-order valence-electron chi connectivity index (χ4n) is 4.02. The number of thioether (sulfide) groups is 1. The molecule has 0 bridgehead atoms. The van der Waals surface area contributed by atoms with Crippen LogP contribution in [-0.4, -0.2) is 46.3 Å². The molecule has 1 unspecified atom stereocenters. The molecule has 3 aromatic rings. The van der Waals surface area contributed by atoms with E-state index in [1.165, 1.54) is 5.56 Å². The van der Waals surface area contributed by atoms with Crippen LogP contribution in [0.1, 0.15) is 30.7 Å². The number of halogens is 2. The second-order valence-electron chi connectivity index (χ2n) is 8.42. The number of amides is 1. The van der Waals surface area contributed by atoms with E-state index in [0.29, 0.717) is 31.3 Å². The summed E-state index contributed by atoms with van der Waals surface area (Å²) < 4.78 is 6.44. The molecule has 34 heavy (non-hydrogen) atoms. The van der Waals surface area contributed by atoms with Crippen LogP contribution in [0.25, 0.3) is 11.4 Å². The Balaban J connectivity index is 1.17. The topological polar surface area (TPSA) is 71.3 Å². The molecule has 180 valence electrons. The monoisotopic (exact) mass is 562 g/mol. The summed E-state index contributed by atoms with van der Waals surface area (Å²) in [5.74, 6) is 3.24. The lowest BCUT2D eigenvalue weighted by molar-refractivity contribution is -0.126. The molecule has 1 atom stereocenters. The minimum absolute atomic E-state index is 0.000309. The van der Waals surface area contributed by atoms with Gasteiger partial charge >= 0.3 is 0 Å². The van der Waals surface area contributed by atoms with Gasteiger partial charge < -0.3 is 9.84 Å². The fourth-order valence-corrected chi connectivity index (χ4v) is 5.54. The van der Waals surface area contributed by atoms with Gasteiger partial charge in [0.25, 0.3) is 0 Å². The molecular formula is C25H28BrClN4O2S. The molecule has 6 nitrogen and oxygen atoms in total. The van der Waals surface area contributed by atoms with Crippen LogP contribution < -0.4 is 5.32 Å². The molecule has 2 aromatic carbocycles. The lowest BCUT2D eigenvalue weighted by Crippen LogP contribution is -2.43. The second-order valence-corrected chi connectivity index (χ2v) is 10.9. The molecule has 0 saturated carbocycles. The van der Waals surface area contributed by atoms with Crippen molar-refractivity contribution < 1.29 is 9.32 Å². The molecule has 1 aromatic heterocycles. The summed E-state index contributed by atoms with van der Waals surface area (Å²) in [6.45, 7) is 2.91. The molecule has 1 fully saturated rings. The van der Waals surface area contributed by atoms with Crippen molar-refractivity contribution in [2.75, 3.05) is 25.4 Å². The van der Waals surface area contributed by atoms with Crippen LogP contribution in [0.2, 0.25) is 5.02 Å². The molecule has 1 saturated heterocycles. The SMILES string of the molecule is O=C(NCCCSCc1cccc(Cl)c1)C1CCCN(Cc2nc(-c3cccc(Br)c3)no2)C1. The summed E-state index contributed by atoms with van der Waals surface area (Å²) in [6.07, 6.45) is 2.85. The molecule has 1 amide bonds. The number of nitrogens with one attached hydrogen (secondary N) is 1. The third-order valence-electron chi connectivity index (χ3n) is 5.71. The van der Waals surface area contributed by atoms with Crippen molar-refractivity contribution in [2.24, 2.45) is 5.92 Å². The van der Waals surface area contributed by atoms with Gasteiger partial charge in [0.15, 0.2) is 0 Å². The summed E-state index contributed by atoms with van der Waals surface area (Å²) in [4.78, 5) is 19.5. The van der Waals surface area contributed by atoms with Gasteiger partial charge in [0.2, 0.25) is 17.6 Å². The molecule has 2 heterocycles. The van der Waals surface area contributed by atoms with Gasteiger partial charge in [-0.3, -0.25) is 9.69 Å². The fraction of sp³-hybridized carbons (Fsp3) is 0.400. The zero-order chi connectivity index (χ0) is 23.8. The minimum Gasteiger partial charge on any atom is -0.356 e. The van der Waals surface area contributed by atoms with Crippen LogP contribution in [0, 0.1) is 5.92 Å². The van der Waals surface area contributed by atoms with Crippen LogP contribution in [0.3, 0.4) is 0 Å². The van der Waals surface area contributed by atoms with E-state index in [0.717, 1.165) is 52.4 Å². The number of rotatable bonds is 10. The number of piperidine rings is 1. The molecule has 1 aliphatic heterocycles. The second kappa shape index (κ2) is 12.7. The Morgan fingerprint density at radius 1 is 1.26 bits per heavy atom. The van der Waals surface area contributed by atoms with Crippen molar-refractivity contribution in [1.82, 2.24) is 20.4 Å². The average Bonchev–Trinajstić information content (AvgIpc) is 3.30. The molecule has 0 spiro atoms. The third kappa shape index (κ3) is 7.57. The first-order valence-electron chi connectivity index (χ1n) is 11.5. The number of benzene rings is 2. The van der Waals surface area contributed by atoms with Gasteiger partial charge in [-0.2, -0.15) is 16.7 Å². The highest BCUT2D eigenvalue weighted by atomic mass is 79.9. The number of aromatic nitrogens is 2. The van der Waals surface area contributed by atoms with E-state index in [-0.39, 0.29) is 11.8 Å². The Kier molecular flexibility index (Phi) is 9.44. The van der Waals surface area contributed by atoms with Gasteiger partial charge in [-0.05, 0) is 61.4 Å². The van der Waals surface area contributed by atoms with Gasteiger partial charge in [-0.1, -0.05) is 57.0 Å². The molecular weight excluding hydrogens is 536 g/mol. The molecule has 0 radical (unpaired) electrons. The van der Waals surface area contributed by atoms with Crippen LogP contribution in [0.5, 0.6) is 0 Å². The lowest BCUT2D eigenvalue weighted by Gasteiger charge is -2.30. The van der Waals surface area contributed by atoms with Crippen molar-refractivity contribution in [3.63, 3.8) is 0 Å². The quantitative estimate of drug-likeness (QED) is 0.314. The predicted molar refractivity (Wildman–Crippen MR) is 141 cm³/mol. The first kappa shape index (κ1) is 25.2. The van der Waals surface area contributed by atoms with Gasteiger partial charge in [0.1, 0.15) is 0 Å². The Hall–Kier alpha value is -1.87. The number of hydrogen-bond donors (Lipinski definition) is 1. The standard InChI is InChI=1S/C25H28BrClN4O2S/c26-21-8-2-6-19(14-21)24-29-23(33-30-24)16-31-11-3-7-20(15-31)25(32)28-10-4-12-34-17-18-5-1-9-22(27)13-18/h1-2,5-6,8-9,13-14,20H,3-4,7,10-12,15-17H2,(H,28,32). The van der Waals surface area contributed by atoms with Gasteiger partial charge in [-0.25, -0.2) is 0 Å². The lowest BCUT2D eigenvalue weighted by atomic mass is 9.97. The van der Waals surface area contributed by atoms with Crippen LogP contribution in [-0.2, 0) is 17.1 Å². The van der Waals surface area contributed by atoms with Gasteiger partial charge in [-0.15, -0.1) is 0 Å². The van der Waals surface area contributed by atoms with Crippen LogP contribution in [0.15, 0.2) is 57.5 Å². The number of hydrogen-bond acceptors (Lipinski definition) is 6. The largest absolute Gasteiger partial charge is 0.356 e. The number of carbonyl (C=O) groups excluding carboxylic acids is 1. The molecule has 0 aliphatic carbocycles.